The summed E-state index contributed by atoms with van der Waals surface area (Å²) in [4.78, 5) is 13.0. The van der Waals surface area contributed by atoms with Gasteiger partial charge in [-0.2, -0.15) is 4.31 Å². The highest BCUT2D eigenvalue weighted by Crippen LogP contribution is 2.40. The van der Waals surface area contributed by atoms with Gasteiger partial charge in [-0.05, 0) is 67.2 Å². The first kappa shape index (κ1) is 27.1. The van der Waals surface area contributed by atoms with Crippen molar-refractivity contribution in [3.63, 3.8) is 0 Å². The first-order valence-electron chi connectivity index (χ1n) is 12.5. The number of allylic oxidation sites excluding steroid dienone is 1. The average molecular weight is 531 g/mol. The van der Waals surface area contributed by atoms with Crippen LogP contribution >= 0.6 is 0 Å². The molecule has 1 aliphatic heterocycles. The van der Waals surface area contributed by atoms with Gasteiger partial charge < -0.3 is 24.6 Å². The summed E-state index contributed by atoms with van der Waals surface area (Å²) in [7, 11) is -2.34. The molecule has 0 saturated heterocycles. The van der Waals surface area contributed by atoms with Gasteiger partial charge in [0.2, 0.25) is 16.3 Å². The Balaban J connectivity index is 1.39. The highest BCUT2D eigenvalue weighted by atomic mass is 32.2. The van der Waals surface area contributed by atoms with Gasteiger partial charge >= 0.3 is 0 Å². The second-order valence-electron chi connectivity index (χ2n) is 9.16. The zero-order valence-electron chi connectivity index (χ0n) is 20.9. The Morgan fingerprint density at radius 2 is 1.84 bits per heavy atom. The van der Waals surface area contributed by atoms with Gasteiger partial charge in [-0.1, -0.05) is 24.6 Å². The molecule has 0 unspecified atom stereocenters. The van der Waals surface area contributed by atoms with Crippen molar-refractivity contribution in [3.05, 3.63) is 66.4 Å². The number of nitrogens with one attached hydrogen (secondary N) is 1. The number of carbonyl (C=O) groups is 1. The third-order valence-electron chi connectivity index (χ3n) is 6.79. The monoisotopic (exact) mass is 530 g/mol. The Hall–Kier alpha value is -2.92. The molecular weight excluding hydrogens is 496 g/mol. The summed E-state index contributed by atoms with van der Waals surface area (Å²) in [6.07, 6.45) is 5.20. The molecule has 1 fully saturated rings. The van der Waals surface area contributed by atoms with Crippen molar-refractivity contribution >= 4 is 21.6 Å². The maximum Gasteiger partial charge on any atom is 0.290 e. The number of para-hydroxylation sites is 1. The van der Waals surface area contributed by atoms with Crippen molar-refractivity contribution in [3.8, 4) is 5.75 Å². The molecule has 4 rings (SSSR count). The molecule has 37 heavy (non-hydrogen) atoms. The molecule has 200 valence electrons. The molecule has 1 aliphatic carbocycles. The van der Waals surface area contributed by atoms with Crippen LogP contribution in [0, 0.1) is 11.8 Å². The number of amides is 1. The number of nitrogens with zero attached hydrogens (tertiary/aromatic N) is 1. The van der Waals surface area contributed by atoms with E-state index in [2.05, 4.69) is 5.32 Å². The van der Waals surface area contributed by atoms with Crippen molar-refractivity contribution in [2.24, 2.45) is 11.8 Å². The lowest BCUT2D eigenvalue weighted by Gasteiger charge is -2.37. The maximum absolute atomic E-state index is 13.1. The molecule has 1 saturated carbocycles. The summed E-state index contributed by atoms with van der Waals surface area (Å²) < 4.78 is 44.4. The van der Waals surface area contributed by atoms with E-state index in [1.165, 1.54) is 30.0 Å². The van der Waals surface area contributed by atoms with E-state index in [0.29, 0.717) is 23.8 Å². The van der Waals surface area contributed by atoms with Gasteiger partial charge in [-0.15, -0.1) is 0 Å². The van der Waals surface area contributed by atoms with Crippen molar-refractivity contribution in [1.82, 2.24) is 4.31 Å². The van der Waals surface area contributed by atoms with E-state index in [-0.39, 0.29) is 48.8 Å². The van der Waals surface area contributed by atoms with E-state index < -0.39 is 16.3 Å². The lowest BCUT2D eigenvalue weighted by molar-refractivity contribution is -0.150. The number of sulfonamides is 1. The van der Waals surface area contributed by atoms with Crippen molar-refractivity contribution in [2.45, 2.75) is 36.9 Å². The van der Waals surface area contributed by atoms with Crippen LogP contribution in [0.1, 0.15) is 25.7 Å². The number of carbonyl (C=O) groups excluding carboxylic acids is 1. The molecule has 1 heterocycles. The van der Waals surface area contributed by atoms with Crippen molar-refractivity contribution in [2.75, 3.05) is 38.7 Å². The van der Waals surface area contributed by atoms with Crippen molar-refractivity contribution in [1.29, 1.82) is 0 Å². The van der Waals surface area contributed by atoms with Gasteiger partial charge in [-0.3, -0.25) is 4.79 Å². The minimum atomic E-state index is -3.85. The molecule has 0 bridgehead atoms. The fraction of sp³-hybridized carbons (Fsp3) is 0.444. The van der Waals surface area contributed by atoms with Gasteiger partial charge in [0.05, 0.1) is 25.2 Å². The average Bonchev–Trinajstić information content (AvgIpc) is 2.87. The summed E-state index contributed by atoms with van der Waals surface area (Å²) in [5.74, 6) is 1.06. The van der Waals surface area contributed by atoms with Crippen LogP contribution in [-0.2, 0) is 24.3 Å². The molecule has 2 aliphatic rings. The highest BCUT2D eigenvalue weighted by molar-refractivity contribution is 7.89. The SMILES string of the molecule is COc1ccc(S(=O)(=O)N(CCO)CCO[C@H]2C[C@@H](C3CCC3)C=C(C(=O)Nc3ccccc3)O2)cc1. The molecule has 1 amide bonds. The topological polar surface area (TPSA) is 114 Å². The first-order valence-corrected chi connectivity index (χ1v) is 14.0. The van der Waals surface area contributed by atoms with Crippen LogP contribution in [0.25, 0.3) is 0 Å². The molecule has 10 heteroatoms. The van der Waals surface area contributed by atoms with Gasteiger partial charge in [0, 0.05) is 25.2 Å². The normalized spacial score (nSPS) is 20.0. The number of rotatable bonds is 12. The predicted molar refractivity (Wildman–Crippen MR) is 138 cm³/mol. The summed E-state index contributed by atoms with van der Waals surface area (Å²) in [5.41, 5.74) is 0.670. The van der Waals surface area contributed by atoms with Crippen LogP contribution in [0.15, 0.2) is 71.3 Å². The molecule has 2 aromatic rings. The van der Waals surface area contributed by atoms with Crippen molar-refractivity contribution < 1.29 is 32.5 Å². The molecule has 0 spiro atoms. The molecule has 0 aromatic heterocycles. The Morgan fingerprint density at radius 3 is 2.46 bits per heavy atom. The van der Waals surface area contributed by atoms with E-state index in [1.54, 1.807) is 24.3 Å². The standard InChI is InChI=1S/C27H34N2O7S/c1-34-23-10-12-24(13-11-23)37(32,33)29(14-16-30)15-17-35-26-19-21(20-6-5-7-20)18-25(36-26)27(31)28-22-8-3-2-4-9-22/h2-4,8-13,18,20-21,26,30H,5-7,14-17,19H2,1H3,(H,28,31)/t21-,26+/m0/s1. The first-order chi connectivity index (χ1) is 17.9. The van der Waals surface area contributed by atoms with E-state index in [9.17, 15) is 18.3 Å². The fourth-order valence-electron chi connectivity index (χ4n) is 4.50. The lowest BCUT2D eigenvalue weighted by Crippen LogP contribution is -2.38. The number of ether oxygens (including phenoxy) is 3. The van der Waals surface area contributed by atoms with E-state index >= 15 is 0 Å². The number of methoxy groups -OCH3 is 1. The summed E-state index contributed by atoms with van der Waals surface area (Å²) >= 11 is 0. The van der Waals surface area contributed by atoms with Gasteiger partial charge in [-0.25, -0.2) is 8.42 Å². The van der Waals surface area contributed by atoms with E-state index in [0.717, 1.165) is 12.8 Å². The third kappa shape index (κ3) is 6.89. The molecular formula is C27H34N2O7S. The molecule has 0 radical (unpaired) electrons. The molecule has 2 N–H and O–H groups in total. The summed E-state index contributed by atoms with van der Waals surface area (Å²) in [5, 5.41) is 12.3. The highest BCUT2D eigenvalue weighted by Gasteiger charge is 2.35. The van der Waals surface area contributed by atoms with Gasteiger partial charge in [0.1, 0.15) is 5.75 Å². The summed E-state index contributed by atoms with van der Waals surface area (Å²) in [6, 6.07) is 15.2. The summed E-state index contributed by atoms with van der Waals surface area (Å²) in [6.45, 7) is -0.326. The number of aliphatic hydroxyl groups excluding tert-OH is 1. The van der Waals surface area contributed by atoms with Crippen LogP contribution in [-0.4, -0.2) is 63.4 Å². The predicted octanol–water partition coefficient (Wildman–Crippen LogP) is 3.38. The van der Waals surface area contributed by atoms with E-state index in [4.69, 9.17) is 14.2 Å². The lowest BCUT2D eigenvalue weighted by atomic mass is 9.73. The zero-order chi connectivity index (χ0) is 26.3. The van der Waals surface area contributed by atoms with Crippen LogP contribution in [0.3, 0.4) is 0 Å². The Morgan fingerprint density at radius 1 is 1.11 bits per heavy atom. The second kappa shape index (κ2) is 12.6. The van der Waals surface area contributed by atoms with Crippen LogP contribution in [0.4, 0.5) is 5.69 Å². The zero-order valence-corrected chi connectivity index (χ0v) is 21.7. The molecule has 2 atom stereocenters. The number of hydrogen-bond donors (Lipinski definition) is 2. The number of anilines is 1. The number of benzene rings is 2. The fourth-order valence-corrected chi connectivity index (χ4v) is 5.92. The number of hydrogen-bond acceptors (Lipinski definition) is 7. The second-order valence-corrected chi connectivity index (χ2v) is 11.1. The van der Waals surface area contributed by atoms with Gasteiger partial charge in [0.25, 0.3) is 5.91 Å². The minimum absolute atomic E-state index is 0.0259. The van der Waals surface area contributed by atoms with Crippen LogP contribution in [0.5, 0.6) is 5.75 Å². The van der Waals surface area contributed by atoms with E-state index in [1.807, 2.05) is 24.3 Å². The van der Waals surface area contributed by atoms with Gasteiger partial charge in [0.15, 0.2) is 5.76 Å². The Bertz CT molecular complexity index is 1170. The number of aliphatic hydroxyl groups is 1. The third-order valence-corrected chi connectivity index (χ3v) is 8.70. The minimum Gasteiger partial charge on any atom is -0.497 e. The Labute approximate surface area is 218 Å². The molecule has 2 aromatic carbocycles. The van der Waals surface area contributed by atoms with Crippen LogP contribution in [0.2, 0.25) is 0 Å². The van der Waals surface area contributed by atoms with Crippen LogP contribution < -0.4 is 10.1 Å². The Kier molecular flexibility index (Phi) is 9.20. The maximum atomic E-state index is 13.1. The molecule has 9 nitrogen and oxygen atoms in total. The quantitative estimate of drug-likeness (QED) is 0.432. The smallest absolute Gasteiger partial charge is 0.290 e. The largest absolute Gasteiger partial charge is 0.497 e.